The zero-order chi connectivity index (χ0) is 19.4. The fourth-order valence-corrected chi connectivity index (χ4v) is 3.36. The van der Waals surface area contributed by atoms with Gasteiger partial charge in [-0.15, -0.1) is 0 Å². The lowest BCUT2D eigenvalue weighted by Gasteiger charge is -2.36. The number of rotatable bonds is 6. The van der Waals surface area contributed by atoms with Crippen molar-refractivity contribution in [2.24, 2.45) is 11.7 Å². The van der Waals surface area contributed by atoms with Gasteiger partial charge in [0.25, 0.3) is 5.91 Å². The standard InChI is InChI=1S/C19H31N5O2/c1-12(2)17(18(21)25)22-19(26)15-11-14(5-6-16(15)20)24-9-7-13(8-10-24)23(3)4/h5-6,11-13,17H,7-10,20H2,1-4H3,(H2,21,25)(H,22,26). The second-order valence-corrected chi connectivity index (χ2v) is 7.55. The monoisotopic (exact) mass is 361 g/mol. The fourth-order valence-electron chi connectivity index (χ4n) is 3.36. The molecule has 1 unspecified atom stereocenters. The molecule has 2 amide bonds. The van der Waals surface area contributed by atoms with Gasteiger partial charge in [0.2, 0.25) is 5.91 Å². The third-order valence-corrected chi connectivity index (χ3v) is 5.10. The van der Waals surface area contributed by atoms with Crippen LogP contribution in [-0.2, 0) is 4.79 Å². The Morgan fingerprint density at radius 3 is 2.35 bits per heavy atom. The van der Waals surface area contributed by atoms with Gasteiger partial charge in [-0.25, -0.2) is 0 Å². The Hall–Kier alpha value is -2.28. The lowest BCUT2D eigenvalue weighted by Crippen LogP contribution is -2.47. The van der Waals surface area contributed by atoms with E-state index in [0.29, 0.717) is 17.3 Å². The minimum absolute atomic E-state index is 0.0917. The van der Waals surface area contributed by atoms with Crippen molar-refractivity contribution in [2.75, 3.05) is 37.8 Å². The van der Waals surface area contributed by atoms with E-state index >= 15 is 0 Å². The molecule has 0 aromatic heterocycles. The van der Waals surface area contributed by atoms with Crippen LogP contribution in [0.1, 0.15) is 37.0 Å². The van der Waals surface area contributed by atoms with Crippen LogP contribution in [0, 0.1) is 5.92 Å². The quantitative estimate of drug-likeness (QED) is 0.657. The van der Waals surface area contributed by atoms with Crippen molar-refractivity contribution in [1.82, 2.24) is 10.2 Å². The molecule has 2 rings (SSSR count). The maximum absolute atomic E-state index is 12.6. The number of benzene rings is 1. The fraction of sp³-hybridized carbons (Fsp3) is 0.579. The van der Waals surface area contributed by atoms with Crippen LogP contribution < -0.4 is 21.7 Å². The van der Waals surface area contributed by atoms with Crippen molar-refractivity contribution in [1.29, 1.82) is 0 Å². The van der Waals surface area contributed by atoms with Crippen LogP contribution >= 0.6 is 0 Å². The Balaban J connectivity index is 2.14. The van der Waals surface area contributed by atoms with Gasteiger partial charge >= 0.3 is 0 Å². The van der Waals surface area contributed by atoms with E-state index in [-0.39, 0.29) is 11.8 Å². The van der Waals surface area contributed by atoms with Crippen LogP contribution in [-0.4, -0.2) is 56.0 Å². The molecule has 1 fully saturated rings. The number of nitrogens with two attached hydrogens (primary N) is 2. The molecule has 1 aliphatic rings. The molecule has 26 heavy (non-hydrogen) atoms. The first-order chi connectivity index (χ1) is 12.2. The molecular weight excluding hydrogens is 330 g/mol. The van der Waals surface area contributed by atoms with E-state index in [4.69, 9.17) is 11.5 Å². The Bertz CT molecular complexity index is 651. The molecule has 1 aromatic carbocycles. The molecule has 7 nitrogen and oxygen atoms in total. The van der Waals surface area contributed by atoms with E-state index in [1.54, 1.807) is 12.1 Å². The Kier molecular flexibility index (Phi) is 6.47. The largest absolute Gasteiger partial charge is 0.398 e. The molecule has 0 aliphatic carbocycles. The number of amides is 2. The zero-order valence-electron chi connectivity index (χ0n) is 16.2. The molecular formula is C19H31N5O2. The van der Waals surface area contributed by atoms with Crippen molar-refractivity contribution in [2.45, 2.75) is 38.8 Å². The number of piperidine rings is 1. The summed E-state index contributed by atoms with van der Waals surface area (Å²) >= 11 is 0. The van der Waals surface area contributed by atoms with E-state index in [9.17, 15) is 9.59 Å². The summed E-state index contributed by atoms with van der Waals surface area (Å²) in [6, 6.07) is 5.36. The van der Waals surface area contributed by atoms with Crippen molar-refractivity contribution < 1.29 is 9.59 Å². The summed E-state index contributed by atoms with van der Waals surface area (Å²) in [5.41, 5.74) is 13.1. The van der Waals surface area contributed by atoms with Gasteiger partial charge in [-0.05, 0) is 51.1 Å². The first-order valence-corrected chi connectivity index (χ1v) is 9.11. The normalized spacial score (nSPS) is 16.8. The summed E-state index contributed by atoms with van der Waals surface area (Å²) < 4.78 is 0. The number of hydrogen-bond acceptors (Lipinski definition) is 5. The number of anilines is 2. The predicted molar refractivity (Wildman–Crippen MR) is 105 cm³/mol. The van der Waals surface area contributed by atoms with Crippen LogP contribution in [0.15, 0.2) is 18.2 Å². The Labute approximate surface area is 155 Å². The predicted octanol–water partition coefficient (Wildman–Crippen LogP) is 1.04. The highest BCUT2D eigenvalue weighted by Crippen LogP contribution is 2.25. The van der Waals surface area contributed by atoms with Gasteiger partial charge < -0.3 is 26.6 Å². The molecule has 1 heterocycles. The van der Waals surface area contributed by atoms with Crippen LogP contribution in [0.25, 0.3) is 0 Å². The van der Waals surface area contributed by atoms with Gasteiger partial charge in [-0.2, -0.15) is 0 Å². The second kappa shape index (κ2) is 8.40. The van der Waals surface area contributed by atoms with Gasteiger partial charge in [0, 0.05) is 30.5 Å². The van der Waals surface area contributed by atoms with Gasteiger partial charge in [-0.1, -0.05) is 13.8 Å². The molecule has 0 saturated carbocycles. The SMILES string of the molecule is CC(C)C(NC(=O)c1cc(N2CCC(N(C)C)CC2)ccc1N)C(N)=O. The lowest BCUT2D eigenvalue weighted by molar-refractivity contribution is -0.120. The number of nitrogen functional groups attached to an aromatic ring is 1. The van der Waals surface area contributed by atoms with Crippen LogP contribution in [0.2, 0.25) is 0 Å². The van der Waals surface area contributed by atoms with E-state index in [1.807, 2.05) is 19.9 Å². The summed E-state index contributed by atoms with van der Waals surface area (Å²) in [4.78, 5) is 28.7. The maximum Gasteiger partial charge on any atom is 0.254 e. The molecule has 1 aliphatic heterocycles. The molecule has 5 N–H and O–H groups in total. The van der Waals surface area contributed by atoms with Gasteiger partial charge in [0.1, 0.15) is 6.04 Å². The zero-order valence-corrected chi connectivity index (χ0v) is 16.2. The van der Waals surface area contributed by atoms with E-state index in [2.05, 4.69) is 29.2 Å². The molecule has 1 aromatic rings. The average molecular weight is 361 g/mol. The summed E-state index contributed by atoms with van der Waals surface area (Å²) in [6.45, 7) is 5.54. The molecule has 7 heteroatoms. The number of hydrogen-bond donors (Lipinski definition) is 3. The maximum atomic E-state index is 12.6. The second-order valence-electron chi connectivity index (χ2n) is 7.55. The molecule has 0 spiro atoms. The van der Waals surface area contributed by atoms with Crippen molar-refractivity contribution >= 4 is 23.2 Å². The van der Waals surface area contributed by atoms with Gasteiger partial charge in [0.05, 0.1) is 5.56 Å². The van der Waals surface area contributed by atoms with Crippen LogP contribution in [0.5, 0.6) is 0 Å². The van der Waals surface area contributed by atoms with Crippen molar-refractivity contribution in [3.8, 4) is 0 Å². The Morgan fingerprint density at radius 1 is 1.23 bits per heavy atom. The molecule has 1 saturated heterocycles. The smallest absolute Gasteiger partial charge is 0.254 e. The first kappa shape index (κ1) is 20.0. The first-order valence-electron chi connectivity index (χ1n) is 9.11. The van der Waals surface area contributed by atoms with Crippen LogP contribution in [0.3, 0.4) is 0 Å². The number of nitrogens with one attached hydrogen (secondary N) is 1. The highest BCUT2D eigenvalue weighted by Gasteiger charge is 2.25. The van der Waals surface area contributed by atoms with E-state index in [1.165, 1.54) is 0 Å². The average Bonchev–Trinajstić information content (AvgIpc) is 2.59. The third-order valence-electron chi connectivity index (χ3n) is 5.10. The summed E-state index contributed by atoms with van der Waals surface area (Å²) in [5, 5.41) is 2.71. The highest BCUT2D eigenvalue weighted by molar-refractivity contribution is 6.02. The third kappa shape index (κ3) is 4.66. The molecule has 0 radical (unpaired) electrons. The number of carbonyl (C=O) groups is 2. The van der Waals surface area contributed by atoms with E-state index < -0.39 is 11.9 Å². The minimum Gasteiger partial charge on any atom is -0.398 e. The van der Waals surface area contributed by atoms with Crippen LogP contribution in [0.4, 0.5) is 11.4 Å². The minimum atomic E-state index is -0.721. The Morgan fingerprint density at radius 2 is 1.85 bits per heavy atom. The van der Waals surface area contributed by atoms with Crippen molar-refractivity contribution in [3.05, 3.63) is 23.8 Å². The van der Waals surface area contributed by atoms with Gasteiger partial charge in [0.15, 0.2) is 0 Å². The summed E-state index contributed by atoms with van der Waals surface area (Å²) in [7, 11) is 4.21. The summed E-state index contributed by atoms with van der Waals surface area (Å²) in [6.07, 6.45) is 2.16. The number of primary amides is 1. The molecule has 1 atom stereocenters. The molecule has 0 bridgehead atoms. The summed E-state index contributed by atoms with van der Waals surface area (Å²) in [5.74, 6) is -1.01. The van der Waals surface area contributed by atoms with E-state index in [0.717, 1.165) is 31.6 Å². The van der Waals surface area contributed by atoms with Gasteiger partial charge in [-0.3, -0.25) is 9.59 Å². The highest BCUT2D eigenvalue weighted by atomic mass is 16.2. The van der Waals surface area contributed by atoms with Crippen molar-refractivity contribution in [3.63, 3.8) is 0 Å². The lowest BCUT2D eigenvalue weighted by atomic mass is 10.0. The molecule has 144 valence electrons. The number of nitrogens with zero attached hydrogens (tertiary/aromatic N) is 2. The number of carbonyl (C=O) groups excluding carboxylic acids is 2. The topological polar surface area (TPSA) is 105 Å².